The fraction of sp³-hybridized carbons (Fsp3) is 0.353. The first-order valence-electron chi connectivity index (χ1n) is 8.01. The largest absolute Gasteiger partial charge is 0.351 e. The third kappa shape index (κ3) is 4.58. The molecular weight excluding hydrogens is 344 g/mol. The summed E-state index contributed by atoms with van der Waals surface area (Å²) < 4.78 is 5.02. The minimum absolute atomic E-state index is 0.0899. The number of rotatable bonds is 4. The smallest absolute Gasteiger partial charge is 0.292 e. The van der Waals surface area contributed by atoms with Crippen molar-refractivity contribution in [3.63, 3.8) is 0 Å². The van der Waals surface area contributed by atoms with Gasteiger partial charge >= 0.3 is 0 Å². The Labute approximate surface area is 150 Å². The molecular formula is C17H19ClN4O3. The molecule has 2 amide bonds. The van der Waals surface area contributed by atoms with Gasteiger partial charge in [-0.2, -0.15) is 0 Å². The number of carbonyl (C=O) groups excluding carboxylic acids is 2. The van der Waals surface area contributed by atoms with Crippen LogP contribution in [0.2, 0.25) is 5.02 Å². The zero-order valence-corrected chi connectivity index (χ0v) is 14.6. The number of amides is 2. The maximum Gasteiger partial charge on any atom is 0.292 e. The van der Waals surface area contributed by atoms with Crippen molar-refractivity contribution in [3.8, 4) is 0 Å². The first kappa shape index (κ1) is 17.4. The molecule has 7 nitrogen and oxygen atoms in total. The number of anilines is 1. The highest BCUT2D eigenvalue weighted by molar-refractivity contribution is 6.30. The lowest BCUT2D eigenvalue weighted by molar-refractivity contribution is -0.117. The van der Waals surface area contributed by atoms with Crippen molar-refractivity contribution in [2.24, 2.45) is 0 Å². The van der Waals surface area contributed by atoms with E-state index in [2.05, 4.69) is 10.5 Å². The molecule has 1 N–H and O–H groups in total. The van der Waals surface area contributed by atoms with E-state index in [1.54, 1.807) is 42.2 Å². The molecule has 1 aliphatic heterocycles. The molecule has 2 aromatic rings. The van der Waals surface area contributed by atoms with Gasteiger partial charge in [-0.1, -0.05) is 16.8 Å². The number of nitrogens with zero attached hydrogens (tertiary/aromatic N) is 3. The molecule has 0 unspecified atom stereocenters. The van der Waals surface area contributed by atoms with Gasteiger partial charge in [-0.05, 0) is 31.2 Å². The summed E-state index contributed by atoms with van der Waals surface area (Å²) in [4.78, 5) is 28.1. The van der Waals surface area contributed by atoms with Gasteiger partial charge in [-0.3, -0.25) is 14.5 Å². The van der Waals surface area contributed by atoms with Gasteiger partial charge in [0, 0.05) is 43.0 Å². The van der Waals surface area contributed by atoms with E-state index in [4.69, 9.17) is 16.1 Å². The molecule has 25 heavy (non-hydrogen) atoms. The molecule has 1 fully saturated rings. The number of benzene rings is 1. The number of piperazine rings is 1. The molecule has 1 aromatic heterocycles. The molecule has 2 heterocycles. The van der Waals surface area contributed by atoms with Crippen LogP contribution in [0.1, 0.15) is 16.2 Å². The van der Waals surface area contributed by atoms with Crippen molar-refractivity contribution in [2.45, 2.75) is 6.92 Å². The molecule has 3 rings (SSSR count). The van der Waals surface area contributed by atoms with E-state index in [1.165, 1.54) is 0 Å². The predicted molar refractivity (Wildman–Crippen MR) is 93.7 cm³/mol. The van der Waals surface area contributed by atoms with E-state index in [0.717, 1.165) is 0 Å². The number of aryl methyl sites for hydroxylation is 1. The highest BCUT2D eigenvalue weighted by Gasteiger charge is 2.25. The topological polar surface area (TPSA) is 78.7 Å². The summed E-state index contributed by atoms with van der Waals surface area (Å²) >= 11 is 5.82. The maximum atomic E-state index is 12.3. The minimum atomic E-state index is -0.161. The molecule has 132 valence electrons. The second-order valence-corrected chi connectivity index (χ2v) is 6.39. The summed E-state index contributed by atoms with van der Waals surface area (Å²) in [6.45, 7) is 4.42. The molecule has 8 heteroatoms. The number of nitrogens with one attached hydrogen (secondary N) is 1. The molecule has 0 spiro atoms. The van der Waals surface area contributed by atoms with Crippen LogP contribution in [0.15, 0.2) is 34.9 Å². The van der Waals surface area contributed by atoms with Gasteiger partial charge in [0.15, 0.2) is 0 Å². The molecule has 0 bridgehead atoms. The number of hydrogen-bond donors (Lipinski definition) is 1. The second kappa shape index (κ2) is 7.67. The summed E-state index contributed by atoms with van der Waals surface area (Å²) in [5.41, 5.74) is 1.39. The van der Waals surface area contributed by atoms with Gasteiger partial charge < -0.3 is 14.7 Å². The van der Waals surface area contributed by atoms with Gasteiger partial charge in [-0.15, -0.1) is 0 Å². The van der Waals surface area contributed by atoms with Crippen LogP contribution >= 0.6 is 11.6 Å². The van der Waals surface area contributed by atoms with Gasteiger partial charge in [0.2, 0.25) is 11.7 Å². The van der Waals surface area contributed by atoms with Crippen LogP contribution in [0.5, 0.6) is 0 Å². The highest BCUT2D eigenvalue weighted by Crippen LogP contribution is 2.14. The van der Waals surface area contributed by atoms with Gasteiger partial charge in [0.1, 0.15) is 0 Å². The summed E-state index contributed by atoms with van der Waals surface area (Å²) in [5, 5.41) is 7.20. The third-order valence-corrected chi connectivity index (χ3v) is 4.25. The van der Waals surface area contributed by atoms with E-state index in [9.17, 15) is 9.59 Å². The summed E-state index contributed by atoms with van der Waals surface area (Å²) in [5.74, 6) is 0.00487. The Balaban J connectivity index is 1.46. The third-order valence-electron chi connectivity index (χ3n) is 3.99. The normalized spacial score (nSPS) is 15.2. The van der Waals surface area contributed by atoms with Crippen LogP contribution in [0.3, 0.4) is 0 Å². The van der Waals surface area contributed by atoms with E-state index in [-0.39, 0.29) is 24.1 Å². The van der Waals surface area contributed by atoms with Crippen LogP contribution in [0, 0.1) is 6.92 Å². The van der Waals surface area contributed by atoms with E-state index >= 15 is 0 Å². The Morgan fingerprint density at radius 3 is 2.48 bits per heavy atom. The minimum Gasteiger partial charge on any atom is -0.351 e. The molecule has 1 saturated heterocycles. The van der Waals surface area contributed by atoms with Crippen molar-refractivity contribution in [3.05, 3.63) is 46.8 Å². The highest BCUT2D eigenvalue weighted by atomic mass is 35.5. The molecule has 1 aliphatic rings. The Bertz CT molecular complexity index is 752. The lowest BCUT2D eigenvalue weighted by atomic mass is 10.2. The molecule has 0 atom stereocenters. The number of hydrogen-bond acceptors (Lipinski definition) is 5. The van der Waals surface area contributed by atoms with Gasteiger partial charge in [0.25, 0.3) is 5.91 Å². The first-order chi connectivity index (χ1) is 12.0. The maximum absolute atomic E-state index is 12.3. The number of aromatic nitrogens is 1. The molecule has 0 saturated carbocycles. The average Bonchev–Trinajstić information content (AvgIpc) is 3.03. The van der Waals surface area contributed by atoms with E-state index < -0.39 is 0 Å². The summed E-state index contributed by atoms with van der Waals surface area (Å²) in [7, 11) is 0. The standard InChI is InChI=1S/C17H19ClN4O3/c1-12-10-15(25-20-12)17(24)22-8-6-21(7-9-22)11-16(23)19-14-4-2-13(18)3-5-14/h2-5,10H,6-9,11H2,1H3,(H,19,23). The zero-order valence-electron chi connectivity index (χ0n) is 13.9. The van der Waals surface area contributed by atoms with Crippen molar-refractivity contribution in [1.29, 1.82) is 0 Å². The second-order valence-electron chi connectivity index (χ2n) is 5.96. The van der Waals surface area contributed by atoms with Gasteiger partial charge in [0.05, 0.1) is 12.2 Å². The fourth-order valence-corrected chi connectivity index (χ4v) is 2.79. The number of halogens is 1. The van der Waals surface area contributed by atoms with E-state index in [0.29, 0.717) is 42.6 Å². The predicted octanol–water partition coefficient (Wildman–Crippen LogP) is 2.03. The number of carbonyl (C=O) groups is 2. The Kier molecular flexibility index (Phi) is 5.35. The Morgan fingerprint density at radius 2 is 1.88 bits per heavy atom. The van der Waals surface area contributed by atoms with Gasteiger partial charge in [-0.25, -0.2) is 0 Å². The quantitative estimate of drug-likeness (QED) is 0.900. The van der Waals surface area contributed by atoms with Crippen LogP contribution in [-0.2, 0) is 4.79 Å². The van der Waals surface area contributed by atoms with Crippen LogP contribution in [0.4, 0.5) is 5.69 Å². The van der Waals surface area contributed by atoms with Crippen molar-refractivity contribution in [2.75, 3.05) is 38.0 Å². The lowest BCUT2D eigenvalue weighted by Crippen LogP contribution is -2.50. The summed E-state index contributed by atoms with van der Waals surface area (Å²) in [6.07, 6.45) is 0. The van der Waals surface area contributed by atoms with Crippen LogP contribution in [-0.4, -0.2) is 59.5 Å². The van der Waals surface area contributed by atoms with Crippen molar-refractivity contribution >= 4 is 29.1 Å². The van der Waals surface area contributed by atoms with Crippen LogP contribution in [0.25, 0.3) is 0 Å². The Hall–Kier alpha value is -2.38. The zero-order chi connectivity index (χ0) is 17.8. The van der Waals surface area contributed by atoms with Crippen molar-refractivity contribution < 1.29 is 14.1 Å². The van der Waals surface area contributed by atoms with E-state index in [1.807, 2.05) is 4.90 Å². The Morgan fingerprint density at radius 1 is 1.20 bits per heavy atom. The monoisotopic (exact) mass is 362 g/mol. The fourth-order valence-electron chi connectivity index (χ4n) is 2.67. The van der Waals surface area contributed by atoms with Crippen molar-refractivity contribution in [1.82, 2.24) is 15.0 Å². The first-order valence-corrected chi connectivity index (χ1v) is 8.39. The summed E-state index contributed by atoms with van der Waals surface area (Å²) in [6, 6.07) is 8.61. The van der Waals surface area contributed by atoms with Crippen LogP contribution < -0.4 is 5.32 Å². The molecule has 0 radical (unpaired) electrons. The average molecular weight is 363 g/mol. The molecule has 0 aliphatic carbocycles. The lowest BCUT2D eigenvalue weighted by Gasteiger charge is -2.33. The molecule has 1 aromatic carbocycles. The SMILES string of the molecule is Cc1cc(C(=O)N2CCN(CC(=O)Nc3ccc(Cl)cc3)CC2)on1.